The molecule has 1 saturated heterocycles. The van der Waals surface area contributed by atoms with Crippen LogP contribution in [-0.2, 0) is 4.74 Å². The summed E-state index contributed by atoms with van der Waals surface area (Å²) in [5, 5.41) is 11.6. The van der Waals surface area contributed by atoms with E-state index in [2.05, 4.69) is 17.2 Å². The number of hydrogen-bond donors (Lipinski definition) is 2. The van der Waals surface area contributed by atoms with Gasteiger partial charge in [0.25, 0.3) is 5.91 Å². The Morgan fingerprint density at radius 1 is 1.57 bits per heavy atom. The van der Waals surface area contributed by atoms with E-state index in [0.717, 1.165) is 6.42 Å². The van der Waals surface area contributed by atoms with Gasteiger partial charge in [0.15, 0.2) is 0 Å². The topological polar surface area (TPSA) is 58.6 Å². The highest BCUT2D eigenvalue weighted by molar-refractivity contribution is 5.96. The van der Waals surface area contributed by atoms with E-state index in [0.29, 0.717) is 24.6 Å². The van der Waals surface area contributed by atoms with Gasteiger partial charge >= 0.3 is 0 Å². The van der Waals surface area contributed by atoms with Gasteiger partial charge in [0.05, 0.1) is 11.7 Å². The van der Waals surface area contributed by atoms with Crippen LogP contribution in [0.4, 0.5) is 4.39 Å². The molecule has 2 N–H and O–H groups in total. The quantitative estimate of drug-likeness (QED) is 0.826. The predicted octanol–water partition coefficient (Wildman–Crippen LogP) is 1.32. The molecule has 1 aromatic carbocycles. The van der Waals surface area contributed by atoms with Crippen LogP contribution in [0.3, 0.4) is 0 Å². The molecule has 1 fully saturated rings. The van der Waals surface area contributed by atoms with E-state index >= 15 is 0 Å². The van der Waals surface area contributed by atoms with Gasteiger partial charge in [-0.15, -0.1) is 0 Å². The van der Waals surface area contributed by atoms with E-state index in [-0.39, 0.29) is 24.2 Å². The summed E-state index contributed by atoms with van der Waals surface area (Å²) in [4.78, 5) is 12.2. The Morgan fingerprint density at radius 2 is 2.38 bits per heavy atom. The van der Waals surface area contributed by atoms with Gasteiger partial charge in [0.1, 0.15) is 12.4 Å². The number of carbonyl (C=O) groups is 1. The van der Waals surface area contributed by atoms with E-state index < -0.39 is 5.82 Å². The molecule has 1 aliphatic heterocycles. The molecule has 2 rings (SSSR count). The van der Waals surface area contributed by atoms with Crippen LogP contribution in [0.25, 0.3) is 0 Å². The first kappa shape index (κ1) is 15.5. The molecule has 0 spiro atoms. The third kappa shape index (κ3) is 4.03. The largest absolute Gasteiger partial charge is 0.384 e. The molecule has 1 amide bonds. The second kappa shape index (κ2) is 7.21. The Morgan fingerprint density at radius 3 is 3.05 bits per heavy atom. The van der Waals surface area contributed by atoms with Crippen LogP contribution >= 0.6 is 0 Å². The molecule has 1 aliphatic rings. The van der Waals surface area contributed by atoms with Crippen LogP contribution < -0.4 is 5.32 Å². The van der Waals surface area contributed by atoms with Gasteiger partial charge in [-0.1, -0.05) is 11.8 Å². The maximum absolute atomic E-state index is 13.2. The molecule has 5 heteroatoms. The molecule has 1 heterocycles. The van der Waals surface area contributed by atoms with Gasteiger partial charge in [-0.2, -0.15) is 0 Å². The van der Waals surface area contributed by atoms with Gasteiger partial charge in [0, 0.05) is 24.6 Å². The number of benzene rings is 1. The minimum absolute atomic E-state index is 0.132. The van der Waals surface area contributed by atoms with Gasteiger partial charge in [0.2, 0.25) is 0 Å². The van der Waals surface area contributed by atoms with Crippen LogP contribution in [0.15, 0.2) is 18.2 Å². The first-order valence-electron chi connectivity index (χ1n) is 6.91. The number of hydrogen-bond acceptors (Lipinski definition) is 3. The lowest BCUT2D eigenvalue weighted by atomic mass is 10.0. The highest BCUT2D eigenvalue weighted by Gasteiger charge is 2.24. The second-order valence-electron chi connectivity index (χ2n) is 4.98. The van der Waals surface area contributed by atoms with Crippen LogP contribution in [0.5, 0.6) is 0 Å². The zero-order chi connectivity index (χ0) is 15.2. The van der Waals surface area contributed by atoms with E-state index in [1.54, 1.807) is 0 Å². The van der Waals surface area contributed by atoms with E-state index in [1.807, 2.05) is 6.92 Å². The van der Waals surface area contributed by atoms with Crippen LogP contribution in [0.2, 0.25) is 0 Å². The molecule has 4 nitrogen and oxygen atoms in total. The van der Waals surface area contributed by atoms with Crippen molar-refractivity contribution >= 4 is 5.91 Å². The summed E-state index contributed by atoms with van der Waals surface area (Å²) in [5.74, 6) is 4.56. The summed E-state index contributed by atoms with van der Waals surface area (Å²) in [5.41, 5.74) is 0.584. The van der Waals surface area contributed by atoms with Gasteiger partial charge < -0.3 is 15.2 Å². The lowest BCUT2D eigenvalue weighted by Gasteiger charge is -2.15. The Hall–Kier alpha value is -1.90. The Labute approximate surface area is 123 Å². The van der Waals surface area contributed by atoms with Crippen molar-refractivity contribution in [2.24, 2.45) is 5.92 Å². The molecular formula is C16H18FNO3. The van der Waals surface area contributed by atoms with Crippen molar-refractivity contribution in [2.45, 2.75) is 19.4 Å². The summed E-state index contributed by atoms with van der Waals surface area (Å²) < 4.78 is 18.7. The third-order valence-electron chi connectivity index (χ3n) is 3.59. The molecule has 2 atom stereocenters. The molecule has 1 aromatic rings. The van der Waals surface area contributed by atoms with Crippen molar-refractivity contribution in [3.8, 4) is 11.8 Å². The summed E-state index contributed by atoms with van der Waals surface area (Å²) in [6, 6.07) is 3.82. The first-order valence-corrected chi connectivity index (χ1v) is 6.91. The number of rotatable bonds is 3. The van der Waals surface area contributed by atoms with Gasteiger partial charge in [-0.3, -0.25) is 4.79 Å². The molecule has 2 unspecified atom stereocenters. The molecule has 0 aromatic heterocycles. The number of carbonyl (C=O) groups excluding carboxylic acids is 1. The first-order chi connectivity index (χ1) is 10.1. The highest BCUT2D eigenvalue weighted by atomic mass is 19.1. The Kier molecular flexibility index (Phi) is 5.32. The Bertz CT molecular complexity index is 577. The van der Waals surface area contributed by atoms with Crippen molar-refractivity contribution in [1.82, 2.24) is 5.32 Å². The van der Waals surface area contributed by atoms with Crippen LogP contribution in [0, 0.1) is 23.6 Å². The molecule has 0 bridgehead atoms. The maximum Gasteiger partial charge on any atom is 0.252 e. The number of nitrogens with one attached hydrogen (secondary N) is 1. The van der Waals surface area contributed by atoms with Gasteiger partial charge in [-0.25, -0.2) is 4.39 Å². The SMILES string of the molecule is CC1OCCC1CNC(=O)c1ccc(F)cc1C#CCO. The van der Waals surface area contributed by atoms with E-state index in [1.165, 1.54) is 18.2 Å². The average Bonchev–Trinajstić information content (AvgIpc) is 2.88. The van der Waals surface area contributed by atoms with Crippen molar-refractivity contribution < 1.29 is 19.0 Å². The minimum Gasteiger partial charge on any atom is -0.384 e. The molecule has 112 valence electrons. The zero-order valence-electron chi connectivity index (χ0n) is 11.9. The standard InChI is InChI=1S/C16H18FNO3/c1-11-13(6-8-21-11)10-18-16(20)15-5-4-14(17)9-12(15)3-2-7-19/h4-5,9,11,13,19H,6-8,10H2,1H3,(H,18,20). The van der Waals surface area contributed by atoms with Crippen molar-refractivity contribution in [1.29, 1.82) is 0 Å². The smallest absolute Gasteiger partial charge is 0.252 e. The summed E-state index contributed by atoms with van der Waals surface area (Å²) in [7, 11) is 0. The molecular weight excluding hydrogens is 273 g/mol. The van der Waals surface area contributed by atoms with Crippen LogP contribution in [-0.4, -0.2) is 36.9 Å². The molecule has 0 aliphatic carbocycles. The third-order valence-corrected chi connectivity index (χ3v) is 3.59. The fraction of sp³-hybridized carbons (Fsp3) is 0.438. The number of aliphatic hydroxyl groups is 1. The summed E-state index contributed by atoms with van der Waals surface area (Å²) >= 11 is 0. The maximum atomic E-state index is 13.2. The highest BCUT2D eigenvalue weighted by Crippen LogP contribution is 2.19. The Balaban J connectivity index is 2.07. The van der Waals surface area contributed by atoms with Crippen molar-refractivity contribution in [3.05, 3.63) is 35.1 Å². The number of aliphatic hydroxyl groups excluding tert-OH is 1. The van der Waals surface area contributed by atoms with E-state index in [4.69, 9.17) is 9.84 Å². The minimum atomic E-state index is -0.466. The summed E-state index contributed by atoms with van der Waals surface area (Å²) in [6.07, 6.45) is 1.05. The normalized spacial score (nSPS) is 20.7. The van der Waals surface area contributed by atoms with Gasteiger partial charge in [-0.05, 0) is 31.5 Å². The molecule has 0 saturated carbocycles. The number of halogens is 1. The number of ether oxygens (including phenoxy) is 1. The van der Waals surface area contributed by atoms with Crippen molar-refractivity contribution in [3.63, 3.8) is 0 Å². The lowest BCUT2D eigenvalue weighted by Crippen LogP contribution is -2.32. The fourth-order valence-electron chi connectivity index (χ4n) is 2.32. The van der Waals surface area contributed by atoms with Crippen LogP contribution in [0.1, 0.15) is 29.3 Å². The fourth-order valence-corrected chi connectivity index (χ4v) is 2.32. The lowest BCUT2D eigenvalue weighted by molar-refractivity contribution is 0.0907. The molecule has 0 radical (unpaired) electrons. The van der Waals surface area contributed by atoms with Crippen molar-refractivity contribution in [2.75, 3.05) is 19.8 Å². The second-order valence-corrected chi connectivity index (χ2v) is 4.98. The predicted molar refractivity (Wildman–Crippen MR) is 76.2 cm³/mol. The average molecular weight is 291 g/mol. The van der Waals surface area contributed by atoms with E-state index in [9.17, 15) is 9.18 Å². The monoisotopic (exact) mass is 291 g/mol. The zero-order valence-corrected chi connectivity index (χ0v) is 11.9. The molecule has 21 heavy (non-hydrogen) atoms. The summed E-state index contributed by atoms with van der Waals surface area (Å²) in [6.45, 7) is 2.88. The number of amides is 1.